The summed E-state index contributed by atoms with van der Waals surface area (Å²) in [6.45, 7) is -0.00592. The molecule has 8 heteroatoms. The van der Waals surface area contributed by atoms with Crippen LogP contribution in [0.1, 0.15) is 10.4 Å². The fourth-order valence-corrected chi connectivity index (χ4v) is 2.74. The zero-order valence-electron chi connectivity index (χ0n) is 13.8. The maximum Gasteiger partial charge on any atom is 0.422 e. The van der Waals surface area contributed by atoms with Crippen molar-refractivity contribution < 1.29 is 17.9 Å². The fraction of sp³-hybridized carbons (Fsp3) is 0.353. The Morgan fingerprint density at radius 3 is 2.52 bits per heavy atom. The van der Waals surface area contributed by atoms with Crippen molar-refractivity contribution in [2.24, 2.45) is 4.99 Å². The molecule has 0 radical (unpaired) electrons. The van der Waals surface area contributed by atoms with E-state index in [1.807, 2.05) is 11.4 Å². The second-order valence-corrected chi connectivity index (χ2v) is 6.26. The predicted molar refractivity (Wildman–Crippen MR) is 94.2 cm³/mol. The average molecular weight is 371 g/mol. The molecule has 0 fully saturated rings. The first-order valence-corrected chi connectivity index (χ1v) is 8.59. The van der Waals surface area contributed by atoms with Crippen LogP contribution in [0.2, 0.25) is 0 Å². The topological polar surface area (TPSA) is 45.7 Å². The van der Waals surface area contributed by atoms with E-state index in [1.165, 1.54) is 17.0 Å². The number of benzene rings is 1. The summed E-state index contributed by atoms with van der Waals surface area (Å²) in [4.78, 5) is 5.45. The maximum absolute atomic E-state index is 12.1. The van der Waals surface area contributed by atoms with E-state index in [2.05, 4.69) is 26.4 Å². The Bertz CT molecular complexity index is 655. The van der Waals surface area contributed by atoms with Gasteiger partial charge >= 0.3 is 6.18 Å². The van der Waals surface area contributed by atoms with Gasteiger partial charge in [-0.1, -0.05) is 18.2 Å². The minimum Gasteiger partial charge on any atom is -0.484 e. The van der Waals surface area contributed by atoms with Crippen LogP contribution in [-0.2, 0) is 13.0 Å². The molecule has 0 amide bonds. The number of nitrogens with one attached hydrogen (secondary N) is 2. The number of nitrogens with zero attached hydrogens (tertiary/aromatic N) is 1. The lowest BCUT2D eigenvalue weighted by molar-refractivity contribution is -0.153. The number of halogens is 3. The van der Waals surface area contributed by atoms with Gasteiger partial charge in [0.05, 0.1) is 0 Å². The van der Waals surface area contributed by atoms with Crippen molar-refractivity contribution in [2.45, 2.75) is 19.1 Å². The van der Waals surface area contributed by atoms with Crippen LogP contribution < -0.4 is 15.4 Å². The van der Waals surface area contributed by atoms with Crippen LogP contribution in [0.25, 0.3) is 0 Å². The molecule has 0 aliphatic carbocycles. The van der Waals surface area contributed by atoms with Crippen LogP contribution in [0.4, 0.5) is 13.2 Å². The van der Waals surface area contributed by atoms with Gasteiger partial charge in [-0.2, -0.15) is 13.2 Å². The van der Waals surface area contributed by atoms with Crippen LogP contribution in [0.5, 0.6) is 5.75 Å². The molecule has 25 heavy (non-hydrogen) atoms. The van der Waals surface area contributed by atoms with E-state index >= 15 is 0 Å². The van der Waals surface area contributed by atoms with Gasteiger partial charge in [-0.15, -0.1) is 11.3 Å². The average Bonchev–Trinajstić information content (AvgIpc) is 3.10. The highest BCUT2D eigenvalue weighted by Crippen LogP contribution is 2.18. The van der Waals surface area contributed by atoms with Crippen molar-refractivity contribution in [1.82, 2.24) is 10.6 Å². The zero-order valence-corrected chi connectivity index (χ0v) is 14.6. The van der Waals surface area contributed by atoms with Crippen LogP contribution >= 0.6 is 11.3 Å². The molecule has 1 aromatic carbocycles. The van der Waals surface area contributed by atoms with Gasteiger partial charge in [0.15, 0.2) is 12.6 Å². The Balaban J connectivity index is 1.73. The van der Waals surface area contributed by atoms with Crippen LogP contribution in [0.15, 0.2) is 46.8 Å². The second-order valence-electron chi connectivity index (χ2n) is 5.23. The molecule has 0 saturated carbocycles. The van der Waals surface area contributed by atoms with Gasteiger partial charge in [0.2, 0.25) is 0 Å². The Hall–Kier alpha value is -2.22. The standard InChI is InChI=1S/C17H20F3N3OS/c1-21-16(22-9-8-15-3-2-10-25-15)23-11-13-4-6-14(7-5-13)24-12-17(18,19)20/h2-7,10H,8-9,11-12H2,1H3,(H2,21,22,23). The number of alkyl halides is 3. The number of thiophene rings is 1. The first-order valence-electron chi connectivity index (χ1n) is 7.71. The third-order valence-electron chi connectivity index (χ3n) is 3.25. The van der Waals surface area contributed by atoms with Gasteiger partial charge in [0.25, 0.3) is 0 Å². The molecule has 2 aromatic rings. The van der Waals surface area contributed by atoms with Crippen molar-refractivity contribution in [3.05, 3.63) is 52.2 Å². The summed E-state index contributed by atoms with van der Waals surface area (Å²) in [7, 11) is 1.69. The van der Waals surface area contributed by atoms with E-state index in [-0.39, 0.29) is 5.75 Å². The minimum atomic E-state index is -4.33. The molecule has 4 nitrogen and oxygen atoms in total. The molecule has 0 aliphatic rings. The minimum absolute atomic E-state index is 0.194. The van der Waals surface area contributed by atoms with E-state index in [0.717, 1.165) is 18.5 Å². The molecule has 2 rings (SSSR count). The molecular weight excluding hydrogens is 351 g/mol. The molecule has 0 bridgehead atoms. The molecule has 1 heterocycles. The number of ether oxygens (including phenoxy) is 1. The Labute approximate surface area is 148 Å². The summed E-state index contributed by atoms with van der Waals surface area (Å²) >= 11 is 1.72. The summed E-state index contributed by atoms with van der Waals surface area (Å²) in [5.41, 5.74) is 0.917. The van der Waals surface area contributed by atoms with Gasteiger partial charge in [0.1, 0.15) is 5.75 Å². The molecular formula is C17H20F3N3OS. The predicted octanol–water partition coefficient (Wildman–Crippen LogP) is 3.60. The number of aliphatic imine (C=N–C) groups is 1. The third kappa shape index (κ3) is 7.47. The second kappa shape index (κ2) is 9.31. The molecule has 2 N–H and O–H groups in total. The smallest absolute Gasteiger partial charge is 0.422 e. The molecule has 0 saturated heterocycles. The Morgan fingerprint density at radius 1 is 1.16 bits per heavy atom. The Kier molecular flexibility index (Phi) is 7.12. The quantitative estimate of drug-likeness (QED) is 0.577. The monoisotopic (exact) mass is 371 g/mol. The van der Waals surface area contributed by atoms with E-state index in [4.69, 9.17) is 0 Å². The summed E-state index contributed by atoms with van der Waals surface area (Å²) < 4.78 is 41.0. The largest absolute Gasteiger partial charge is 0.484 e. The number of hydrogen-bond donors (Lipinski definition) is 2. The summed E-state index contributed by atoms with van der Waals surface area (Å²) in [5, 5.41) is 8.43. The zero-order chi connectivity index (χ0) is 18.1. The highest BCUT2D eigenvalue weighted by atomic mass is 32.1. The number of guanidine groups is 1. The van der Waals surface area contributed by atoms with Crippen molar-refractivity contribution >= 4 is 17.3 Å². The van der Waals surface area contributed by atoms with Gasteiger partial charge in [-0.3, -0.25) is 4.99 Å². The lowest BCUT2D eigenvalue weighted by Gasteiger charge is -2.12. The van der Waals surface area contributed by atoms with Crippen LogP contribution in [0, 0.1) is 0 Å². The summed E-state index contributed by atoms with van der Waals surface area (Å²) in [6.07, 6.45) is -3.41. The van der Waals surface area contributed by atoms with Crippen LogP contribution in [-0.4, -0.2) is 32.3 Å². The van der Waals surface area contributed by atoms with Crippen LogP contribution in [0.3, 0.4) is 0 Å². The first-order chi connectivity index (χ1) is 12.0. The highest BCUT2D eigenvalue weighted by Gasteiger charge is 2.28. The highest BCUT2D eigenvalue weighted by molar-refractivity contribution is 7.09. The van der Waals surface area contributed by atoms with Crippen molar-refractivity contribution in [3.8, 4) is 5.75 Å². The first kappa shape index (κ1) is 19.1. The van der Waals surface area contributed by atoms with Crippen molar-refractivity contribution in [1.29, 1.82) is 0 Å². The molecule has 0 spiro atoms. The molecule has 136 valence electrons. The fourth-order valence-electron chi connectivity index (χ4n) is 2.03. The number of hydrogen-bond acceptors (Lipinski definition) is 3. The normalized spacial score (nSPS) is 12.1. The maximum atomic E-state index is 12.1. The molecule has 0 atom stereocenters. The lowest BCUT2D eigenvalue weighted by Crippen LogP contribution is -2.37. The molecule has 0 unspecified atom stereocenters. The third-order valence-corrected chi connectivity index (χ3v) is 4.19. The van der Waals surface area contributed by atoms with Gasteiger partial charge < -0.3 is 15.4 Å². The molecule has 1 aromatic heterocycles. The van der Waals surface area contributed by atoms with E-state index in [9.17, 15) is 13.2 Å². The molecule has 0 aliphatic heterocycles. The van der Waals surface area contributed by atoms with Gasteiger partial charge in [-0.25, -0.2) is 0 Å². The lowest BCUT2D eigenvalue weighted by atomic mass is 10.2. The Morgan fingerprint density at radius 2 is 1.92 bits per heavy atom. The van der Waals surface area contributed by atoms with Gasteiger partial charge in [0, 0.05) is 25.0 Å². The van der Waals surface area contributed by atoms with Gasteiger partial charge in [-0.05, 0) is 35.6 Å². The number of rotatable bonds is 7. The van der Waals surface area contributed by atoms with Crippen molar-refractivity contribution in [2.75, 3.05) is 20.2 Å². The summed E-state index contributed by atoms with van der Waals surface area (Å²) in [6, 6.07) is 10.6. The van der Waals surface area contributed by atoms with E-state index in [0.29, 0.717) is 12.5 Å². The van der Waals surface area contributed by atoms with E-state index < -0.39 is 12.8 Å². The van der Waals surface area contributed by atoms with Crippen molar-refractivity contribution in [3.63, 3.8) is 0 Å². The summed E-state index contributed by atoms with van der Waals surface area (Å²) in [5.74, 6) is 0.869. The van der Waals surface area contributed by atoms with E-state index in [1.54, 1.807) is 30.5 Å². The SMILES string of the molecule is CN=C(NCCc1cccs1)NCc1ccc(OCC(F)(F)F)cc1.